The van der Waals surface area contributed by atoms with Gasteiger partial charge in [0.2, 0.25) is 10.0 Å². The first-order chi connectivity index (χ1) is 13.2. The fraction of sp³-hybridized carbons (Fsp3) is 0.111. The van der Waals surface area contributed by atoms with Crippen LogP contribution in [-0.4, -0.2) is 25.4 Å². The Labute approximate surface area is 159 Å². The SMILES string of the molecule is CNS(=O)(=O)c1ccc(Nc2ccc(C(F)(F)F)cn2)c(-c2ccccn2)c1. The lowest BCUT2D eigenvalue weighted by Crippen LogP contribution is -2.18. The number of pyridine rings is 2. The van der Waals surface area contributed by atoms with Crippen LogP contribution in [0.2, 0.25) is 0 Å². The molecule has 0 unspecified atom stereocenters. The average molecular weight is 408 g/mol. The van der Waals surface area contributed by atoms with Gasteiger partial charge in [-0.3, -0.25) is 4.98 Å². The van der Waals surface area contributed by atoms with Gasteiger partial charge in [0.1, 0.15) is 5.82 Å². The topological polar surface area (TPSA) is 84.0 Å². The largest absolute Gasteiger partial charge is 0.417 e. The number of hydrogen-bond acceptors (Lipinski definition) is 5. The van der Waals surface area contributed by atoms with Gasteiger partial charge in [-0.05, 0) is 49.5 Å². The zero-order valence-corrected chi connectivity index (χ0v) is 15.3. The Morgan fingerprint density at radius 1 is 1.00 bits per heavy atom. The van der Waals surface area contributed by atoms with Gasteiger partial charge in [-0.25, -0.2) is 18.1 Å². The van der Waals surface area contributed by atoms with Crippen molar-refractivity contribution >= 4 is 21.5 Å². The number of halogens is 3. The molecule has 2 N–H and O–H groups in total. The second-order valence-electron chi connectivity index (χ2n) is 5.68. The number of anilines is 2. The summed E-state index contributed by atoms with van der Waals surface area (Å²) in [5, 5.41) is 2.91. The Balaban J connectivity index is 2.03. The Morgan fingerprint density at radius 3 is 2.36 bits per heavy atom. The van der Waals surface area contributed by atoms with E-state index in [0.29, 0.717) is 16.9 Å². The lowest BCUT2D eigenvalue weighted by atomic mass is 10.1. The second kappa shape index (κ2) is 7.56. The average Bonchev–Trinajstić information content (AvgIpc) is 2.68. The maximum absolute atomic E-state index is 12.7. The van der Waals surface area contributed by atoms with Gasteiger partial charge in [-0.15, -0.1) is 0 Å². The van der Waals surface area contributed by atoms with Crippen molar-refractivity contribution in [3.05, 3.63) is 66.5 Å². The van der Waals surface area contributed by atoms with Crippen molar-refractivity contribution in [2.45, 2.75) is 11.1 Å². The molecule has 10 heteroatoms. The number of aromatic nitrogens is 2. The Hall–Kier alpha value is -2.98. The molecule has 3 aromatic rings. The van der Waals surface area contributed by atoms with Gasteiger partial charge in [0.25, 0.3) is 0 Å². The summed E-state index contributed by atoms with van der Waals surface area (Å²) in [6.07, 6.45) is -2.20. The van der Waals surface area contributed by atoms with E-state index in [1.165, 1.54) is 31.3 Å². The molecule has 2 heterocycles. The minimum absolute atomic E-state index is 0.0292. The summed E-state index contributed by atoms with van der Waals surface area (Å²) in [5.41, 5.74) is 0.531. The standard InChI is InChI=1S/C18H15F3N4O2S/c1-22-28(26,27)13-6-7-16(14(10-13)15-4-2-3-9-23-15)25-17-8-5-12(11-24-17)18(19,20)21/h2-11,22H,1H3,(H,24,25). The van der Waals surface area contributed by atoms with Crippen molar-refractivity contribution in [1.82, 2.24) is 14.7 Å². The van der Waals surface area contributed by atoms with Crippen LogP contribution in [0, 0.1) is 0 Å². The van der Waals surface area contributed by atoms with E-state index in [4.69, 9.17) is 0 Å². The van der Waals surface area contributed by atoms with Gasteiger partial charge in [0, 0.05) is 23.6 Å². The molecule has 0 saturated heterocycles. The summed E-state index contributed by atoms with van der Waals surface area (Å²) >= 11 is 0. The molecule has 0 aliphatic heterocycles. The van der Waals surface area contributed by atoms with Gasteiger partial charge in [0.15, 0.2) is 0 Å². The molecule has 6 nitrogen and oxygen atoms in total. The summed E-state index contributed by atoms with van der Waals surface area (Å²) < 4.78 is 64.5. The van der Waals surface area contributed by atoms with Gasteiger partial charge < -0.3 is 5.32 Å². The highest BCUT2D eigenvalue weighted by Crippen LogP contribution is 2.32. The second-order valence-corrected chi connectivity index (χ2v) is 7.57. The summed E-state index contributed by atoms with van der Waals surface area (Å²) in [6, 6.07) is 11.6. The molecule has 0 amide bonds. The highest BCUT2D eigenvalue weighted by Gasteiger charge is 2.30. The van der Waals surface area contributed by atoms with E-state index in [0.717, 1.165) is 12.3 Å². The lowest BCUT2D eigenvalue weighted by molar-refractivity contribution is -0.137. The van der Waals surface area contributed by atoms with E-state index >= 15 is 0 Å². The van der Waals surface area contributed by atoms with Crippen molar-refractivity contribution < 1.29 is 21.6 Å². The zero-order chi connectivity index (χ0) is 20.4. The monoisotopic (exact) mass is 408 g/mol. The minimum Gasteiger partial charge on any atom is -0.340 e. The normalized spacial score (nSPS) is 12.0. The van der Waals surface area contributed by atoms with Crippen LogP contribution in [0.4, 0.5) is 24.7 Å². The number of nitrogens with zero attached hydrogens (tertiary/aromatic N) is 2. The maximum atomic E-state index is 12.7. The van der Waals surface area contributed by atoms with Crippen LogP contribution in [0.1, 0.15) is 5.56 Å². The molecule has 3 rings (SSSR count). The Kier molecular flexibility index (Phi) is 5.34. The van der Waals surface area contributed by atoms with E-state index in [-0.39, 0.29) is 10.7 Å². The van der Waals surface area contributed by atoms with Crippen molar-refractivity contribution in [3.8, 4) is 11.3 Å². The van der Waals surface area contributed by atoms with Crippen molar-refractivity contribution in [2.75, 3.05) is 12.4 Å². The predicted octanol–water partition coefficient (Wildman–Crippen LogP) is 3.81. The number of alkyl halides is 3. The summed E-state index contributed by atoms with van der Waals surface area (Å²) in [7, 11) is -2.39. The van der Waals surface area contributed by atoms with Crippen LogP contribution in [0.15, 0.2) is 65.8 Å². The third-order valence-corrected chi connectivity index (χ3v) is 5.28. The molecule has 0 saturated carbocycles. The van der Waals surface area contributed by atoms with Gasteiger partial charge in [-0.1, -0.05) is 6.07 Å². The molecule has 2 aromatic heterocycles. The Bertz CT molecular complexity index is 1070. The van der Waals surface area contributed by atoms with Crippen LogP contribution in [0.5, 0.6) is 0 Å². The zero-order valence-electron chi connectivity index (χ0n) is 14.5. The minimum atomic E-state index is -4.48. The molecule has 0 radical (unpaired) electrons. The number of sulfonamides is 1. The summed E-state index contributed by atoms with van der Waals surface area (Å²) in [4.78, 5) is 8.03. The van der Waals surface area contributed by atoms with Gasteiger partial charge >= 0.3 is 6.18 Å². The molecule has 0 aliphatic rings. The van der Waals surface area contributed by atoms with Crippen molar-refractivity contribution in [1.29, 1.82) is 0 Å². The van der Waals surface area contributed by atoms with E-state index in [2.05, 4.69) is 20.0 Å². The van der Waals surface area contributed by atoms with E-state index in [1.54, 1.807) is 24.4 Å². The third kappa shape index (κ3) is 4.29. The molecule has 1 aromatic carbocycles. The molecule has 0 bridgehead atoms. The number of rotatable bonds is 5. The number of benzene rings is 1. The fourth-order valence-corrected chi connectivity index (χ4v) is 3.18. The molecule has 0 spiro atoms. The molecule has 0 atom stereocenters. The van der Waals surface area contributed by atoms with Crippen molar-refractivity contribution in [2.24, 2.45) is 0 Å². The van der Waals surface area contributed by atoms with Crippen LogP contribution >= 0.6 is 0 Å². The predicted molar refractivity (Wildman–Crippen MR) is 98.4 cm³/mol. The van der Waals surface area contributed by atoms with Crippen LogP contribution in [-0.2, 0) is 16.2 Å². The summed E-state index contributed by atoms with van der Waals surface area (Å²) in [5.74, 6) is 0.175. The van der Waals surface area contributed by atoms with Crippen molar-refractivity contribution in [3.63, 3.8) is 0 Å². The van der Waals surface area contributed by atoms with Crippen LogP contribution in [0.25, 0.3) is 11.3 Å². The molecular formula is C18H15F3N4O2S. The third-order valence-electron chi connectivity index (χ3n) is 3.86. The first-order valence-corrected chi connectivity index (χ1v) is 9.48. The quantitative estimate of drug-likeness (QED) is 0.671. The maximum Gasteiger partial charge on any atom is 0.417 e. The highest BCUT2D eigenvalue weighted by molar-refractivity contribution is 7.89. The first-order valence-electron chi connectivity index (χ1n) is 8.00. The smallest absolute Gasteiger partial charge is 0.340 e. The molecule has 0 fully saturated rings. The molecule has 28 heavy (non-hydrogen) atoms. The van der Waals surface area contributed by atoms with Gasteiger partial charge in [-0.2, -0.15) is 13.2 Å². The summed E-state index contributed by atoms with van der Waals surface area (Å²) in [6.45, 7) is 0. The Morgan fingerprint density at radius 2 is 1.79 bits per heavy atom. The van der Waals surface area contributed by atoms with Gasteiger partial charge in [0.05, 0.1) is 16.2 Å². The molecule has 0 aliphatic carbocycles. The number of nitrogens with one attached hydrogen (secondary N) is 2. The molecular weight excluding hydrogens is 393 g/mol. The van der Waals surface area contributed by atoms with E-state index in [1.807, 2.05) is 0 Å². The number of hydrogen-bond donors (Lipinski definition) is 2. The van der Waals surface area contributed by atoms with Crippen LogP contribution in [0.3, 0.4) is 0 Å². The molecule has 146 valence electrons. The highest BCUT2D eigenvalue weighted by atomic mass is 32.2. The van der Waals surface area contributed by atoms with Crippen LogP contribution < -0.4 is 10.0 Å². The van der Waals surface area contributed by atoms with E-state index < -0.39 is 21.8 Å². The first kappa shape index (κ1) is 19.8. The van der Waals surface area contributed by atoms with E-state index in [9.17, 15) is 21.6 Å². The fourth-order valence-electron chi connectivity index (χ4n) is 2.42. The lowest BCUT2D eigenvalue weighted by Gasteiger charge is -2.14.